The monoisotopic (exact) mass is 411 g/mol. The Bertz CT molecular complexity index is 869. The molecule has 2 aliphatic heterocycles. The molecule has 30 heavy (non-hydrogen) atoms. The van der Waals surface area contributed by atoms with Crippen molar-refractivity contribution in [3.63, 3.8) is 0 Å². The Morgan fingerprint density at radius 3 is 2.37 bits per heavy atom. The molecule has 7 heteroatoms. The van der Waals surface area contributed by atoms with E-state index in [0.717, 1.165) is 5.56 Å². The molecule has 2 fully saturated rings. The molecule has 2 aliphatic rings. The first-order valence-electron chi connectivity index (χ1n) is 10.4. The molecule has 4 rings (SSSR count). The summed E-state index contributed by atoms with van der Waals surface area (Å²) < 4.78 is 18.8. The number of morpholine rings is 1. The highest BCUT2D eigenvalue weighted by molar-refractivity contribution is 5.90. The molecule has 0 aromatic heterocycles. The second kappa shape index (κ2) is 9.26. The molecule has 2 unspecified atom stereocenters. The number of carbonyl (C=O) groups is 2. The van der Waals surface area contributed by atoms with Gasteiger partial charge in [-0.3, -0.25) is 4.79 Å². The highest BCUT2D eigenvalue weighted by Crippen LogP contribution is 2.35. The van der Waals surface area contributed by atoms with Gasteiger partial charge in [-0.15, -0.1) is 0 Å². The van der Waals surface area contributed by atoms with E-state index in [4.69, 9.17) is 4.74 Å². The van der Waals surface area contributed by atoms with Gasteiger partial charge in [0.1, 0.15) is 5.82 Å². The van der Waals surface area contributed by atoms with Crippen LogP contribution in [0.1, 0.15) is 24.4 Å². The third-order valence-corrected chi connectivity index (χ3v) is 5.79. The summed E-state index contributed by atoms with van der Waals surface area (Å²) in [5.74, 6) is -0.482. The lowest BCUT2D eigenvalue weighted by atomic mass is 9.88. The van der Waals surface area contributed by atoms with E-state index in [-0.39, 0.29) is 29.7 Å². The lowest BCUT2D eigenvalue weighted by Crippen LogP contribution is -2.51. The summed E-state index contributed by atoms with van der Waals surface area (Å²) in [6.45, 7) is 2.61. The number of amides is 3. The molecule has 1 N–H and O–H groups in total. The summed E-state index contributed by atoms with van der Waals surface area (Å²) in [6.07, 6.45) is 1.34. The smallest absolute Gasteiger partial charge is 0.322 e. The summed E-state index contributed by atoms with van der Waals surface area (Å²) in [4.78, 5) is 29.7. The maximum Gasteiger partial charge on any atom is 0.322 e. The van der Waals surface area contributed by atoms with Gasteiger partial charge in [-0.2, -0.15) is 0 Å². The Hall–Kier alpha value is -2.93. The molecule has 2 atom stereocenters. The zero-order chi connectivity index (χ0) is 20.9. The van der Waals surface area contributed by atoms with E-state index in [0.29, 0.717) is 51.4 Å². The van der Waals surface area contributed by atoms with E-state index in [1.165, 1.54) is 12.1 Å². The van der Waals surface area contributed by atoms with Crippen molar-refractivity contribution in [2.75, 3.05) is 38.2 Å². The normalized spacial score (nSPS) is 21.9. The number of nitrogens with one attached hydrogen (secondary N) is 1. The average Bonchev–Trinajstić information content (AvgIpc) is 2.80. The lowest BCUT2D eigenvalue weighted by Gasteiger charge is -2.41. The van der Waals surface area contributed by atoms with Crippen LogP contribution in [0, 0.1) is 11.7 Å². The van der Waals surface area contributed by atoms with Crippen LogP contribution >= 0.6 is 0 Å². The lowest BCUT2D eigenvalue weighted by molar-refractivity contribution is -0.141. The zero-order valence-electron chi connectivity index (χ0n) is 16.8. The Balaban J connectivity index is 1.54. The van der Waals surface area contributed by atoms with Crippen LogP contribution in [-0.4, -0.2) is 54.6 Å². The van der Waals surface area contributed by atoms with Gasteiger partial charge in [0.05, 0.1) is 25.2 Å². The molecule has 0 saturated carbocycles. The minimum Gasteiger partial charge on any atom is -0.378 e. The topological polar surface area (TPSA) is 61.9 Å². The Morgan fingerprint density at radius 1 is 0.967 bits per heavy atom. The number of carbonyl (C=O) groups excluding carboxylic acids is 2. The standard InChI is InChI=1S/C23H26FN3O3/c24-19-9-6-17(7-10-19)21-11-8-18(22(28)26-12-14-30-15-13-26)16-27(21)23(29)25-20-4-2-1-3-5-20/h1-7,9-10,18,21H,8,11-16H2,(H,25,29). The van der Waals surface area contributed by atoms with E-state index in [1.54, 1.807) is 17.0 Å². The molecule has 3 amide bonds. The van der Waals surface area contributed by atoms with Gasteiger partial charge in [0.25, 0.3) is 0 Å². The predicted octanol–water partition coefficient (Wildman–Crippen LogP) is 3.67. The van der Waals surface area contributed by atoms with Crippen molar-refractivity contribution >= 4 is 17.6 Å². The van der Waals surface area contributed by atoms with Gasteiger partial charge in [0.15, 0.2) is 0 Å². The molecule has 0 radical (unpaired) electrons. The van der Waals surface area contributed by atoms with Crippen molar-refractivity contribution in [2.24, 2.45) is 5.92 Å². The highest BCUT2D eigenvalue weighted by Gasteiger charge is 2.37. The van der Waals surface area contributed by atoms with Crippen LogP contribution in [0.15, 0.2) is 54.6 Å². The van der Waals surface area contributed by atoms with Crippen molar-refractivity contribution in [2.45, 2.75) is 18.9 Å². The molecule has 6 nitrogen and oxygen atoms in total. The largest absolute Gasteiger partial charge is 0.378 e. The van der Waals surface area contributed by atoms with Gasteiger partial charge in [0, 0.05) is 25.3 Å². The number of nitrogens with zero attached hydrogens (tertiary/aromatic N) is 2. The zero-order valence-corrected chi connectivity index (χ0v) is 16.8. The van der Waals surface area contributed by atoms with Gasteiger partial charge in [0.2, 0.25) is 5.91 Å². The molecule has 2 aromatic carbocycles. The second-order valence-corrected chi connectivity index (χ2v) is 7.73. The minimum atomic E-state index is -0.310. The first kappa shape index (κ1) is 20.3. The molecular formula is C23H26FN3O3. The molecule has 0 spiro atoms. The Labute approximate surface area is 175 Å². The van der Waals surface area contributed by atoms with E-state index in [1.807, 2.05) is 35.2 Å². The van der Waals surface area contributed by atoms with Crippen molar-refractivity contribution in [1.82, 2.24) is 9.80 Å². The fourth-order valence-corrected chi connectivity index (χ4v) is 4.19. The average molecular weight is 411 g/mol. The first-order chi connectivity index (χ1) is 14.6. The van der Waals surface area contributed by atoms with Crippen molar-refractivity contribution in [1.29, 1.82) is 0 Å². The number of hydrogen-bond donors (Lipinski definition) is 1. The van der Waals surface area contributed by atoms with Gasteiger partial charge in [-0.05, 0) is 42.7 Å². The predicted molar refractivity (Wildman–Crippen MR) is 111 cm³/mol. The highest BCUT2D eigenvalue weighted by atomic mass is 19.1. The summed E-state index contributed by atoms with van der Waals surface area (Å²) in [7, 11) is 0. The van der Waals surface area contributed by atoms with E-state index >= 15 is 0 Å². The maximum absolute atomic E-state index is 13.4. The van der Waals surface area contributed by atoms with Crippen LogP contribution in [-0.2, 0) is 9.53 Å². The Kier molecular flexibility index (Phi) is 6.28. The second-order valence-electron chi connectivity index (χ2n) is 7.73. The van der Waals surface area contributed by atoms with E-state index < -0.39 is 0 Å². The van der Waals surface area contributed by atoms with E-state index in [9.17, 15) is 14.0 Å². The minimum absolute atomic E-state index is 0.0772. The third kappa shape index (κ3) is 4.62. The number of para-hydroxylation sites is 1. The number of benzene rings is 2. The van der Waals surface area contributed by atoms with Crippen molar-refractivity contribution < 1.29 is 18.7 Å². The van der Waals surface area contributed by atoms with Crippen LogP contribution in [0.5, 0.6) is 0 Å². The summed E-state index contributed by atoms with van der Waals surface area (Å²) >= 11 is 0. The van der Waals surface area contributed by atoms with Gasteiger partial charge in [-0.1, -0.05) is 30.3 Å². The van der Waals surface area contributed by atoms with Crippen LogP contribution < -0.4 is 5.32 Å². The number of ether oxygens (including phenoxy) is 1. The first-order valence-corrected chi connectivity index (χ1v) is 10.4. The fraction of sp³-hybridized carbons (Fsp3) is 0.391. The molecule has 158 valence electrons. The molecule has 2 saturated heterocycles. The Morgan fingerprint density at radius 2 is 1.67 bits per heavy atom. The number of anilines is 1. The molecule has 0 aliphatic carbocycles. The molecule has 0 bridgehead atoms. The quantitative estimate of drug-likeness (QED) is 0.838. The van der Waals surface area contributed by atoms with Gasteiger partial charge >= 0.3 is 6.03 Å². The SMILES string of the molecule is O=C(C1CCC(c2ccc(F)cc2)N(C(=O)Nc2ccccc2)C1)N1CCOCC1. The van der Waals surface area contributed by atoms with Crippen LogP contribution in [0.25, 0.3) is 0 Å². The summed E-state index contributed by atoms with van der Waals surface area (Å²) in [5, 5.41) is 2.93. The summed E-state index contributed by atoms with van der Waals surface area (Å²) in [6, 6.07) is 15.0. The molecular weight excluding hydrogens is 385 g/mol. The maximum atomic E-state index is 13.4. The fourth-order valence-electron chi connectivity index (χ4n) is 4.19. The van der Waals surface area contributed by atoms with Crippen LogP contribution in [0.4, 0.5) is 14.9 Å². The summed E-state index contributed by atoms with van der Waals surface area (Å²) in [5.41, 5.74) is 1.57. The molecule has 2 aromatic rings. The number of halogens is 1. The third-order valence-electron chi connectivity index (χ3n) is 5.79. The van der Waals surface area contributed by atoms with Crippen LogP contribution in [0.3, 0.4) is 0 Å². The van der Waals surface area contributed by atoms with Crippen molar-refractivity contribution in [3.8, 4) is 0 Å². The number of piperidine rings is 1. The number of hydrogen-bond acceptors (Lipinski definition) is 3. The number of urea groups is 1. The number of likely N-dealkylation sites (tertiary alicyclic amines) is 1. The van der Waals surface area contributed by atoms with Crippen molar-refractivity contribution in [3.05, 3.63) is 66.0 Å². The molecule has 2 heterocycles. The van der Waals surface area contributed by atoms with Gasteiger partial charge in [-0.25, -0.2) is 9.18 Å². The van der Waals surface area contributed by atoms with Gasteiger partial charge < -0.3 is 19.9 Å². The number of rotatable bonds is 3. The van der Waals surface area contributed by atoms with E-state index in [2.05, 4.69) is 5.32 Å². The van der Waals surface area contributed by atoms with Crippen LogP contribution in [0.2, 0.25) is 0 Å².